The van der Waals surface area contributed by atoms with Gasteiger partial charge in [-0.3, -0.25) is 4.79 Å². The Balaban J connectivity index is 2.23. The van der Waals surface area contributed by atoms with E-state index in [0.29, 0.717) is 0 Å². The van der Waals surface area contributed by atoms with Crippen molar-refractivity contribution in [3.05, 3.63) is 34.9 Å². The molecule has 2 N–H and O–H groups in total. The van der Waals surface area contributed by atoms with Crippen LogP contribution in [0.2, 0.25) is 0 Å². The van der Waals surface area contributed by atoms with Crippen molar-refractivity contribution in [1.82, 2.24) is 0 Å². The van der Waals surface area contributed by atoms with Crippen molar-refractivity contribution in [2.75, 3.05) is 0 Å². The van der Waals surface area contributed by atoms with E-state index in [4.69, 9.17) is 5.73 Å². The highest BCUT2D eigenvalue weighted by Crippen LogP contribution is 2.27. The Morgan fingerprint density at radius 2 is 2.00 bits per heavy atom. The first-order valence-corrected chi connectivity index (χ1v) is 5.96. The molecule has 0 aromatic heterocycles. The number of ketones is 1. The Labute approximate surface area is 96.8 Å². The molecule has 0 amide bonds. The Morgan fingerprint density at radius 3 is 2.56 bits per heavy atom. The van der Waals surface area contributed by atoms with Gasteiger partial charge in [-0.15, -0.1) is 0 Å². The standard InChI is InChI=1S/C14H19NO/c1-9-6-7-11(8-10(9)2)14(16)12-4-3-5-13(12)15/h6-8,12-13H,3-5,15H2,1-2H3. The Kier molecular flexibility index (Phi) is 3.10. The summed E-state index contributed by atoms with van der Waals surface area (Å²) in [5.74, 6) is 0.273. The number of hydrogen-bond donors (Lipinski definition) is 1. The molecule has 0 bridgehead atoms. The second-order valence-electron chi connectivity index (χ2n) is 4.86. The van der Waals surface area contributed by atoms with Crippen molar-refractivity contribution in [3.8, 4) is 0 Å². The fourth-order valence-corrected chi connectivity index (χ4v) is 2.42. The number of rotatable bonds is 2. The summed E-state index contributed by atoms with van der Waals surface area (Å²) in [5.41, 5.74) is 9.20. The first kappa shape index (κ1) is 11.3. The molecule has 86 valence electrons. The molecule has 1 aromatic rings. The molecular weight excluding hydrogens is 198 g/mol. The highest BCUT2D eigenvalue weighted by atomic mass is 16.1. The molecule has 2 heteroatoms. The van der Waals surface area contributed by atoms with Crippen molar-refractivity contribution in [3.63, 3.8) is 0 Å². The van der Waals surface area contributed by atoms with E-state index in [1.54, 1.807) is 0 Å². The van der Waals surface area contributed by atoms with E-state index in [1.165, 1.54) is 11.1 Å². The first-order chi connectivity index (χ1) is 7.59. The molecule has 2 rings (SSSR count). The largest absolute Gasteiger partial charge is 0.327 e. The van der Waals surface area contributed by atoms with Gasteiger partial charge in [0.25, 0.3) is 0 Å². The van der Waals surface area contributed by atoms with E-state index < -0.39 is 0 Å². The number of benzene rings is 1. The summed E-state index contributed by atoms with van der Waals surface area (Å²) in [6.07, 6.45) is 3.02. The second-order valence-corrected chi connectivity index (χ2v) is 4.86. The predicted octanol–water partition coefficient (Wildman–Crippen LogP) is 2.61. The summed E-state index contributed by atoms with van der Waals surface area (Å²) in [6, 6.07) is 6.00. The van der Waals surface area contributed by atoms with Gasteiger partial charge in [-0.25, -0.2) is 0 Å². The maximum Gasteiger partial charge on any atom is 0.167 e. The average molecular weight is 217 g/mol. The monoisotopic (exact) mass is 217 g/mol. The molecule has 1 aliphatic carbocycles. The highest BCUT2D eigenvalue weighted by Gasteiger charge is 2.30. The fourth-order valence-electron chi connectivity index (χ4n) is 2.42. The van der Waals surface area contributed by atoms with Gasteiger partial charge in [0.2, 0.25) is 0 Å². The summed E-state index contributed by atoms with van der Waals surface area (Å²) in [4.78, 5) is 12.2. The molecule has 16 heavy (non-hydrogen) atoms. The molecule has 1 aliphatic rings. The van der Waals surface area contributed by atoms with Gasteiger partial charge in [0.1, 0.15) is 0 Å². The number of hydrogen-bond acceptors (Lipinski definition) is 2. The fraction of sp³-hybridized carbons (Fsp3) is 0.500. The van der Waals surface area contributed by atoms with Gasteiger partial charge in [-0.2, -0.15) is 0 Å². The summed E-state index contributed by atoms with van der Waals surface area (Å²) < 4.78 is 0. The average Bonchev–Trinajstić information content (AvgIpc) is 2.67. The zero-order valence-corrected chi connectivity index (χ0v) is 9.99. The maximum atomic E-state index is 12.2. The molecule has 1 saturated carbocycles. The predicted molar refractivity (Wildman–Crippen MR) is 65.6 cm³/mol. The van der Waals surface area contributed by atoms with Gasteiger partial charge in [0, 0.05) is 17.5 Å². The van der Waals surface area contributed by atoms with E-state index in [-0.39, 0.29) is 17.7 Å². The van der Waals surface area contributed by atoms with Gasteiger partial charge in [0.15, 0.2) is 5.78 Å². The van der Waals surface area contributed by atoms with E-state index in [9.17, 15) is 4.79 Å². The van der Waals surface area contributed by atoms with Crippen LogP contribution in [0.25, 0.3) is 0 Å². The smallest absolute Gasteiger partial charge is 0.167 e. The van der Waals surface area contributed by atoms with Crippen molar-refractivity contribution < 1.29 is 4.79 Å². The van der Waals surface area contributed by atoms with E-state index in [1.807, 2.05) is 25.1 Å². The summed E-state index contributed by atoms with van der Waals surface area (Å²) >= 11 is 0. The molecule has 0 saturated heterocycles. The molecule has 1 aromatic carbocycles. The van der Waals surface area contributed by atoms with E-state index >= 15 is 0 Å². The third kappa shape index (κ3) is 2.03. The van der Waals surface area contributed by atoms with Crippen LogP contribution in [0.5, 0.6) is 0 Å². The van der Waals surface area contributed by atoms with Crippen molar-refractivity contribution >= 4 is 5.78 Å². The van der Waals surface area contributed by atoms with Crippen molar-refractivity contribution in [1.29, 1.82) is 0 Å². The topological polar surface area (TPSA) is 43.1 Å². The quantitative estimate of drug-likeness (QED) is 0.774. The maximum absolute atomic E-state index is 12.2. The Bertz CT molecular complexity index is 411. The lowest BCUT2D eigenvalue weighted by Gasteiger charge is -2.14. The lowest BCUT2D eigenvalue weighted by Crippen LogP contribution is -2.30. The van der Waals surface area contributed by atoms with Crippen LogP contribution in [0.1, 0.15) is 40.7 Å². The molecule has 0 aliphatic heterocycles. The number of carbonyl (C=O) groups is 1. The minimum Gasteiger partial charge on any atom is -0.327 e. The summed E-state index contributed by atoms with van der Waals surface area (Å²) in [5, 5.41) is 0. The number of aryl methyl sites for hydroxylation is 2. The lowest BCUT2D eigenvalue weighted by molar-refractivity contribution is 0.0913. The van der Waals surface area contributed by atoms with E-state index in [2.05, 4.69) is 6.92 Å². The summed E-state index contributed by atoms with van der Waals surface area (Å²) in [6.45, 7) is 4.10. The normalized spacial score (nSPS) is 24.7. The van der Waals surface area contributed by atoms with Crippen molar-refractivity contribution in [2.24, 2.45) is 11.7 Å². The van der Waals surface area contributed by atoms with Gasteiger partial charge < -0.3 is 5.73 Å². The SMILES string of the molecule is Cc1ccc(C(=O)C2CCCC2N)cc1C. The summed E-state index contributed by atoms with van der Waals surface area (Å²) in [7, 11) is 0. The molecule has 2 unspecified atom stereocenters. The first-order valence-electron chi connectivity index (χ1n) is 5.96. The van der Waals surface area contributed by atoms with Crippen LogP contribution in [-0.2, 0) is 0 Å². The van der Waals surface area contributed by atoms with Crippen LogP contribution in [0.15, 0.2) is 18.2 Å². The molecule has 2 atom stereocenters. The highest BCUT2D eigenvalue weighted by molar-refractivity contribution is 5.98. The van der Waals surface area contributed by atoms with Crippen molar-refractivity contribution in [2.45, 2.75) is 39.2 Å². The van der Waals surface area contributed by atoms with Crippen LogP contribution in [0.4, 0.5) is 0 Å². The lowest BCUT2D eigenvalue weighted by atomic mass is 9.92. The Morgan fingerprint density at radius 1 is 1.25 bits per heavy atom. The van der Waals surface area contributed by atoms with Gasteiger partial charge in [-0.1, -0.05) is 18.6 Å². The molecule has 0 heterocycles. The third-order valence-corrected chi connectivity index (χ3v) is 3.70. The molecule has 1 fully saturated rings. The Hall–Kier alpha value is -1.15. The van der Waals surface area contributed by atoms with Crippen LogP contribution in [0, 0.1) is 19.8 Å². The van der Waals surface area contributed by atoms with Gasteiger partial charge in [0.05, 0.1) is 0 Å². The van der Waals surface area contributed by atoms with E-state index in [0.717, 1.165) is 24.8 Å². The molecule has 0 radical (unpaired) electrons. The van der Waals surface area contributed by atoms with Crippen LogP contribution in [-0.4, -0.2) is 11.8 Å². The second kappa shape index (κ2) is 4.38. The van der Waals surface area contributed by atoms with Gasteiger partial charge >= 0.3 is 0 Å². The van der Waals surface area contributed by atoms with Crippen LogP contribution < -0.4 is 5.73 Å². The van der Waals surface area contributed by atoms with Crippen LogP contribution in [0.3, 0.4) is 0 Å². The third-order valence-electron chi connectivity index (χ3n) is 3.70. The number of Topliss-reactive ketones (excluding diaryl/α,β-unsaturated/α-hetero) is 1. The molecular formula is C14H19NO. The minimum atomic E-state index is 0.0436. The number of carbonyl (C=O) groups excluding carboxylic acids is 1. The zero-order valence-electron chi connectivity index (χ0n) is 9.99. The minimum absolute atomic E-state index is 0.0436. The van der Waals surface area contributed by atoms with Crippen LogP contribution >= 0.6 is 0 Å². The van der Waals surface area contributed by atoms with Gasteiger partial charge in [-0.05, 0) is 43.9 Å². The zero-order chi connectivity index (χ0) is 11.7. The molecule has 2 nitrogen and oxygen atoms in total. The molecule has 0 spiro atoms. The number of nitrogens with two attached hydrogens (primary N) is 1.